The van der Waals surface area contributed by atoms with Crippen LogP contribution in [0.1, 0.15) is 6.92 Å². The Kier molecular flexibility index (Phi) is 2.87. The monoisotopic (exact) mass is 183 g/mol. The Morgan fingerprint density at radius 2 is 1.92 bits per heavy atom. The van der Waals surface area contributed by atoms with Crippen molar-refractivity contribution >= 4 is 15.4 Å². The van der Waals surface area contributed by atoms with E-state index >= 15 is 0 Å². The van der Waals surface area contributed by atoms with Gasteiger partial charge < -0.3 is 0 Å². The van der Waals surface area contributed by atoms with Crippen LogP contribution in [0.2, 0.25) is 0 Å². The van der Waals surface area contributed by atoms with Gasteiger partial charge in [-0.05, 0) is 12.1 Å². The lowest BCUT2D eigenvalue weighted by Gasteiger charge is -1.98. The Balaban J connectivity index is 3.04. The third-order valence-corrected chi connectivity index (χ3v) is 3.26. The second-order valence-electron chi connectivity index (χ2n) is 2.67. The highest BCUT2D eigenvalue weighted by molar-refractivity contribution is 7.93. The van der Waals surface area contributed by atoms with Crippen LogP contribution in [-0.4, -0.2) is 16.2 Å². The molecule has 66 valence electrons. The van der Waals surface area contributed by atoms with Crippen molar-refractivity contribution < 1.29 is 4.21 Å². The lowest BCUT2D eigenvalue weighted by molar-refractivity contribution is 0.681. The molecule has 0 spiro atoms. The molecule has 0 N–H and O–H groups in total. The third-order valence-electron chi connectivity index (χ3n) is 1.59. The maximum Gasteiger partial charge on any atom is 0.0730 e. The number of benzene rings is 1. The van der Waals surface area contributed by atoms with Gasteiger partial charge in [-0.1, -0.05) is 25.1 Å². The molecule has 0 saturated carbocycles. The van der Waals surface area contributed by atoms with E-state index in [4.69, 9.17) is 0 Å². The SMILES string of the molecule is CCS(C)(=O)=Nc1ccccc1. The summed E-state index contributed by atoms with van der Waals surface area (Å²) in [6, 6.07) is 9.42. The van der Waals surface area contributed by atoms with Gasteiger partial charge in [-0.15, -0.1) is 0 Å². The average molecular weight is 183 g/mol. The van der Waals surface area contributed by atoms with Gasteiger partial charge >= 0.3 is 0 Å². The molecule has 1 aromatic rings. The first kappa shape index (κ1) is 9.26. The quantitative estimate of drug-likeness (QED) is 0.692. The van der Waals surface area contributed by atoms with Crippen molar-refractivity contribution in [2.24, 2.45) is 4.36 Å². The van der Waals surface area contributed by atoms with Crippen LogP contribution in [0.25, 0.3) is 0 Å². The molecule has 2 nitrogen and oxygen atoms in total. The molecule has 0 bridgehead atoms. The van der Waals surface area contributed by atoms with Gasteiger partial charge in [-0.2, -0.15) is 4.36 Å². The summed E-state index contributed by atoms with van der Waals surface area (Å²) >= 11 is 0. The molecule has 0 aromatic heterocycles. The summed E-state index contributed by atoms with van der Waals surface area (Å²) in [5, 5.41) is 0. The molecule has 0 saturated heterocycles. The minimum atomic E-state index is -2.00. The molecule has 1 rings (SSSR count). The number of hydrogen-bond donors (Lipinski definition) is 0. The first-order valence-corrected chi connectivity index (χ1v) is 5.98. The fraction of sp³-hybridized carbons (Fsp3) is 0.333. The largest absolute Gasteiger partial charge is 0.250 e. The lowest BCUT2D eigenvalue weighted by Crippen LogP contribution is -1.97. The van der Waals surface area contributed by atoms with Crippen LogP contribution in [0.5, 0.6) is 0 Å². The Bertz CT molecular complexity index is 350. The molecule has 0 fully saturated rings. The highest BCUT2D eigenvalue weighted by Gasteiger charge is 1.95. The molecule has 0 radical (unpaired) electrons. The van der Waals surface area contributed by atoms with Crippen LogP contribution in [-0.2, 0) is 9.73 Å². The molecular formula is C9H13NOS. The van der Waals surface area contributed by atoms with Gasteiger partial charge in [0.2, 0.25) is 0 Å². The lowest BCUT2D eigenvalue weighted by atomic mass is 10.3. The summed E-state index contributed by atoms with van der Waals surface area (Å²) in [6.45, 7) is 1.88. The first-order valence-electron chi connectivity index (χ1n) is 3.89. The smallest absolute Gasteiger partial charge is 0.0730 e. The maximum atomic E-state index is 11.6. The second-order valence-corrected chi connectivity index (χ2v) is 5.35. The van der Waals surface area contributed by atoms with E-state index in [1.807, 2.05) is 37.3 Å². The van der Waals surface area contributed by atoms with Crippen LogP contribution < -0.4 is 0 Å². The van der Waals surface area contributed by atoms with Crippen molar-refractivity contribution in [3.8, 4) is 0 Å². The van der Waals surface area contributed by atoms with Gasteiger partial charge in [0.1, 0.15) is 0 Å². The Hall–Kier alpha value is -0.830. The zero-order valence-electron chi connectivity index (χ0n) is 7.36. The molecule has 12 heavy (non-hydrogen) atoms. The highest BCUT2D eigenvalue weighted by atomic mass is 32.2. The number of nitrogens with zero attached hydrogens (tertiary/aromatic N) is 1. The Morgan fingerprint density at radius 3 is 2.42 bits per heavy atom. The number of rotatable bonds is 2. The summed E-state index contributed by atoms with van der Waals surface area (Å²) in [4.78, 5) is 0. The van der Waals surface area contributed by atoms with E-state index < -0.39 is 9.73 Å². The van der Waals surface area contributed by atoms with Gasteiger partial charge in [0.05, 0.1) is 5.69 Å². The normalized spacial score (nSPS) is 15.2. The molecule has 0 aliphatic heterocycles. The molecule has 0 aliphatic rings. The van der Waals surface area contributed by atoms with Gasteiger partial charge in [-0.3, -0.25) is 0 Å². The minimum absolute atomic E-state index is 0.599. The second kappa shape index (κ2) is 3.72. The van der Waals surface area contributed by atoms with Gasteiger partial charge in [0.15, 0.2) is 0 Å². The van der Waals surface area contributed by atoms with Crippen molar-refractivity contribution in [1.29, 1.82) is 0 Å². The molecule has 1 unspecified atom stereocenters. The highest BCUT2D eigenvalue weighted by Crippen LogP contribution is 2.12. The predicted octanol–water partition coefficient (Wildman–Crippen LogP) is 2.44. The summed E-state index contributed by atoms with van der Waals surface area (Å²) in [6.07, 6.45) is 1.68. The van der Waals surface area contributed by atoms with Crippen LogP contribution in [0, 0.1) is 0 Å². The van der Waals surface area contributed by atoms with E-state index in [2.05, 4.69) is 4.36 Å². The van der Waals surface area contributed by atoms with E-state index in [1.165, 1.54) is 0 Å². The van der Waals surface area contributed by atoms with E-state index in [0.29, 0.717) is 5.75 Å². The average Bonchev–Trinajstić information content (AvgIpc) is 2.06. The summed E-state index contributed by atoms with van der Waals surface area (Å²) in [7, 11) is -2.00. The van der Waals surface area contributed by atoms with Gasteiger partial charge in [0, 0.05) is 21.7 Å². The van der Waals surface area contributed by atoms with Crippen LogP contribution in [0.15, 0.2) is 34.7 Å². The van der Waals surface area contributed by atoms with Crippen molar-refractivity contribution in [2.75, 3.05) is 12.0 Å². The zero-order chi connectivity index (χ0) is 9.03. The molecule has 0 amide bonds. The zero-order valence-corrected chi connectivity index (χ0v) is 8.17. The van der Waals surface area contributed by atoms with E-state index in [9.17, 15) is 4.21 Å². The summed E-state index contributed by atoms with van der Waals surface area (Å²) in [5.74, 6) is 0.599. The number of hydrogen-bond acceptors (Lipinski definition) is 2. The third kappa shape index (κ3) is 2.66. The molecular weight excluding hydrogens is 170 g/mol. The topological polar surface area (TPSA) is 29.4 Å². The maximum absolute atomic E-state index is 11.6. The van der Waals surface area contributed by atoms with Gasteiger partial charge in [-0.25, -0.2) is 4.21 Å². The van der Waals surface area contributed by atoms with Crippen molar-refractivity contribution in [1.82, 2.24) is 0 Å². The van der Waals surface area contributed by atoms with Crippen molar-refractivity contribution in [2.45, 2.75) is 6.92 Å². The standard InChI is InChI=1S/C9H13NOS/c1-3-12(2,11)10-9-7-5-4-6-8-9/h4-8H,3H2,1-2H3. The van der Waals surface area contributed by atoms with Crippen molar-refractivity contribution in [3.63, 3.8) is 0 Å². The molecule has 3 heteroatoms. The van der Waals surface area contributed by atoms with E-state index in [1.54, 1.807) is 6.26 Å². The first-order chi connectivity index (χ1) is 5.64. The van der Waals surface area contributed by atoms with Crippen LogP contribution >= 0.6 is 0 Å². The fourth-order valence-corrected chi connectivity index (χ4v) is 1.47. The predicted molar refractivity (Wildman–Crippen MR) is 53.1 cm³/mol. The Labute approximate surface area is 73.8 Å². The van der Waals surface area contributed by atoms with Crippen LogP contribution in [0.4, 0.5) is 5.69 Å². The molecule has 0 aliphatic carbocycles. The molecule has 1 atom stereocenters. The summed E-state index contributed by atoms with van der Waals surface area (Å²) < 4.78 is 15.7. The van der Waals surface area contributed by atoms with Crippen LogP contribution in [0.3, 0.4) is 0 Å². The molecule has 0 heterocycles. The minimum Gasteiger partial charge on any atom is -0.250 e. The van der Waals surface area contributed by atoms with Gasteiger partial charge in [0.25, 0.3) is 0 Å². The van der Waals surface area contributed by atoms with E-state index in [0.717, 1.165) is 5.69 Å². The fourth-order valence-electron chi connectivity index (χ4n) is 0.776. The Morgan fingerprint density at radius 1 is 1.33 bits per heavy atom. The van der Waals surface area contributed by atoms with E-state index in [-0.39, 0.29) is 0 Å². The molecule has 1 aromatic carbocycles. The van der Waals surface area contributed by atoms with Crippen molar-refractivity contribution in [3.05, 3.63) is 30.3 Å². The summed E-state index contributed by atoms with van der Waals surface area (Å²) in [5.41, 5.74) is 0.798.